The molecule has 0 saturated heterocycles. The first-order valence-corrected chi connectivity index (χ1v) is 9.91. The van der Waals surface area contributed by atoms with Crippen LogP contribution in [0.2, 0.25) is 10.0 Å². The first-order chi connectivity index (χ1) is 12.8. The summed E-state index contributed by atoms with van der Waals surface area (Å²) in [5.74, 6) is 0.127. The fraction of sp³-hybridized carbons (Fsp3) is 0.176. The van der Waals surface area contributed by atoms with Crippen LogP contribution in [0.15, 0.2) is 38.3 Å². The molecule has 144 valence electrons. The van der Waals surface area contributed by atoms with Crippen molar-refractivity contribution in [2.24, 2.45) is 5.10 Å². The topological polar surface area (TPSA) is 80.2 Å². The second-order valence-electron chi connectivity index (χ2n) is 5.03. The molecular formula is C17H14Br2Cl2N2O4. The van der Waals surface area contributed by atoms with E-state index in [0.717, 1.165) is 0 Å². The van der Waals surface area contributed by atoms with E-state index in [1.54, 1.807) is 25.1 Å². The lowest BCUT2D eigenvalue weighted by Gasteiger charge is -2.11. The van der Waals surface area contributed by atoms with Crippen molar-refractivity contribution in [2.75, 3.05) is 13.2 Å². The molecule has 2 rings (SSSR count). The maximum absolute atomic E-state index is 11.9. The molecule has 10 heteroatoms. The lowest BCUT2D eigenvalue weighted by molar-refractivity contribution is -0.123. The molecule has 2 N–H and O–H groups in total. The Morgan fingerprint density at radius 1 is 1.22 bits per heavy atom. The van der Waals surface area contributed by atoms with E-state index < -0.39 is 5.91 Å². The van der Waals surface area contributed by atoms with Crippen LogP contribution in [0.5, 0.6) is 17.2 Å². The Morgan fingerprint density at radius 3 is 2.63 bits per heavy atom. The molecule has 0 aliphatic carbocycles. The molecule has 0 aliphatic rings. The van der Waals surface area contributed by atoms with E-state index in [2.05, 4.69) is 42.4 Å². The molecule has 0 aromatic heterocycles. The fourth-order valence-corrected chi connectivity index (χ4v) is 3.20. The number of carbonyl (C=O) groups is 1. The molecule has 2 aromatic rings. The predicted octanol–water partition coefficient (Wildman–Crippen LogP) is 5.15. The summed E-state index contributed by atoms with van der Waals surface area (Å²) in [5.41, 5.74) is 2.93. The van der Waals surface area contributed by atoms with Gasteiger partial charge < -0.3 is 14.6 Å². The molecule has 1 amide bonds. The monoisotopic (exact) mass is 538 g/mol. The van der Waals surface area contributed by atoms with Gasteiger partial charge in [-0.1, -0.05) is 23.2 Å². The number of halogens is 4. The number of nitrogens with zero attached hydrogens (tertiary/aromatic N) is 1. The van der Waals surface area contributed by atoms with Gasteiger partial charge in [0, 0.05) is 15.1 Å². The van der Waals surface area contributed by atoms with Gasteiger partial charge in [0.1, 0.15) is 5.75 Å². The molecule has 0 heterocycles. The van der Waals surface area contributed by atoms with Gasteiger partial charge in [-0.3, -0.25) is 4.79 Å². The van der Waals surface area contributed by atoms with E-state index in [9.17, 15) is 9.90 Å². The molecule has 0 spiro atoms. The average Bonchev–Trinajstić information content (AvgIpc) is 2.63. The van der Waals surface area contributed by atoms with Gasteiger partial charge in [-0.05, 0) is 63.0 Å². The summed E-state index contributed by atoms with van der Waals surface area (Å²) >= 11 is 18.4. The molecule has 27 heavy (non-hydrogen) atoms. The van der Waals surface area contributed by atoms with E-state index in [-0.39, 0.29) is 12.4 Å². The Bertz CT molecular complexity index is 878. The molecule has 0 atom stereocenters. The minimum atomic E-state index is -0.476. The second kappa shape index (κ2) is 10.2. The first-order valence-electron chi connectivity index (χ1n) is 7.57. The highest BCUT2D eigenvalue weighted by Gasteiger charge is 2.14. The van der Waals surface area contributed by atoms with Crippen LogP contribution in [-0.2, 0) is 4.79 Å². The number of aromatic hydroxyl groups is 1. The number of hydrogen-bond acceptors (Lipinski definition) is 5. The van der Waals surface area contributed by atoms with Crippen molar-refractivity contribution < 1.29 is 19.4 Å². The summed E-state index contributed by atoms with van der Waals surface area (Å²) in [6.45, 7) is 1.92. The average molecular weight is 541 g/mol. The van der Waals surface area contributed by atoms with E-state index in [1.165, 1.54) is 12.3 Å². The zero-order chi connectivity index (χ0) is 20.0. The van der Waals surface area contributed by atoms with Gasteiger partial charge in [0.05, 0.1) is 22.3 Å². The number of hydrogen-bond donors (Lipinski definition) is 2. The van der Waals surface area contributed by atoms with Crippen molar-refractivity contribution in [3.05, 3.63) is 48.8 Å². The highest BCUT2D eigenvalue weighted by Crippen LogP contribution is 2.41. The predicted molar refractivity (Wildman–Crippen MR) is 112 cm³/mol. The minimum absolute atomic E-state index is 0.0295. The maximum atomic E-state index is 11.9. The number of amides is 1. The van der Waals surface area contributed by atoms with Crippen molar-refractivity contribution in [2.45, 2.75) is 6.92 Å². The Labute approximate surface area is 182 Å². The zero-order valence-electron chi connectivity index (χ0n) is 13.9. The SMILES string of the molecule is CCOc1cc(C=NNC(=O)COc2ccc(Cl)cc2Cl)c(Br)c(Br)c1O. The summed E-state index contributed by atoms with van der Waals surface area (Å²) in [7, 11) is 0. The third-order valence-corrected chi connectivity index (χ3v) is 5.81. The number of rotatable bonds is 7. The van der Waals surface area contributed by atoms with E-state index in [0.29, 0.717) is 42.7 Å². The normalized spacial score (nSPS) is 10.9. The molecule has 0 unspecified atom stereocenters. The van der Waals surface area contributed by atoms with Crippen LogP contribution in [0.1, 0.15) is 12.5 Å². The van der Waals surface area contributed by atoms with Crippen LogP contribution in [0.25, 0.3) is 0 Å². The zero-order valence-corrected chi connectivity index (χ0v) is 18.6. The molecular weight excluding hydrogens is 527 g/mol. The lowest BCUT2D eigenvalue weighted by atomic mass is 10.2. The molecule has 2 aromatic carbocycles. The third kappa shape index (κ3) is 6.00. The molecule has 6 nitrogen and oxygen atoms in total. The summed E-state index contributed by atoms with van der Waals surface area (Å²) in [6.07, 6.45) is 1.41. The summed E-state index contributed by atoms with van der Waals surface area (Å²) < 4.78 is 11.7. The van der Waals surface area contributed by atoms with E-state index >= 15 is 0 Å². The number of hydrazone groups is 1. The Morgan fingerprint density at radius 2 is 1.96 bits per heavy atom. The largest absolute Gasteiger partial charge is 0.503 e. The number of ether oxygens (including phenoxy) is 2. The number of benzene rings is 2. The number of phenolic OH excluding ortho intramolecular Hbond substituents is 1. The van der Waals surface area contributed by atoms with Gasteiger partial charge in [0.15, 0.2) is 18.1 Å². The Balaban J connectivity index is 1.99. The van der Waals surface area contributed by atoms with Crippen LogP contribution in [0.4, 0.5) is 0 Å². The number of phenols is 1. The van der Waals surface area contributed by atoms with E-state index in [1.807, 2.05) is 0 Å². The minimum Gasteiger partial charge on any atom is -0.503 e. The Kier molecular flexibility index (Phi) is 8.22. The van der Waals surface area contributed by atoms with Gasteiger partial charge in [-0.2, -0.15) is 5.10 Å². The highest BCUT2D eigenvalue weighted by molar-refractivity contribution is 9.13. The van der Waals surface area contributed by atoms with Crippen LogP contribution >= 0.6 is 55.1 Å². The van der Waals surface area contributed by atoms with Crippen molar-refractivity contribution in [1.82, 2.24) is 5.43 Å². The van der Waals surface area contributed by atoms with Crippen molar-refractivity contribution in [1.29, 1.82) is 0 Å². The summed E-state index contributed by atoms with van der Waals surface area (Å²) in [6, 6.07) is 6.29. The third-order valence-electron chi connectivity index (χ3n) is 3.12. The maximum Gasteiger partial charge on any atom is 0.277 e. The number of carbonyl (C=O) groups excluding carboxylic acids is 1. The standard InChI is InChI=1S/C17H14Br2Cl2N2O4/c1-2-26-13-5-9(15(18)16(19)17(13)25)7-22-23-14(24)8-27-12-4-3-10(20)6-11(12)21/h3-7,25H,2,8H2,1H3,(H,23,24). The quantitative estimate of drug-likeness (QED) is 0.376. The Hall–Kier alpha value is -1.48. The van der Waals surface area contributed by atoms with Gasteiger partial charge >= 0.3 is 0 Å². The molecule has 0 radical (unpaired) electrons. The van der Waals surface area contributed by atoms with E-state index in [4.69, 9.17) is 32.7 Å². The molecule has 0 fully saturated rings. The summed E-state index contributed by atoms with van der Waals surface area (Å²) in [5, 5.41) is 14.7. The number of nitrogens with one attached hydrogen (secondary N) is 1. The van der Waals surface area contributed by atoms with Gasteiger partial charge in [0.2, 0.25) is 0 Å². The van der Waals surface area contributed by atoms with Gasteiger partial charge in [0.25, 0.3) is 5.91 Å². The van der Waals surface area contributed by atoms with Gasteiger partial charge in [-0.15, -0.1) is 0 Å². The molecule has 0 saturated carbocycles. The summed E-state index contributed by atoms with van der Waals surface area (Å²) in [4.78, 5) is 11.9. The van der Waals surface area contributed by atoms with Crippen molar-refractivity contribution in [3.8, 4) is 17.2 Å². The van der Waals surface area contributed by atoms with Gasteiger partial charge in [-0.25, -0.2) is 5.43 Å². The van der Waals surface area contributed by atoms with Crippen LogP contribution < -0.4 is 14.9 Å². The lowest BCUT2D eigenvalue weighted by Crippen LogP contribution is -2.24. The van der Waals surface area contributed by atoms with Crippen LogP contribution in [0.3, 0.4) is 0 Å². The molecule has 0 bridgehead atoms. The van der Waals surface area contributed by atoms with Crippen LogP contribution in [-0.4, -0.2) is 30.4 Å². The molecule has 0 aliphatic heterocycles. The van der Waals surface area contributed by atoms with Crippen LogP contribution in [0, 0.1) is 0 Å². The van der Waals surface area contributed by atoms with Crippen molar-refractivity contribution in [3.63, 3.8) is 0 Å². The fourth-order valence-electron chi connectivity index (χ4n) is 1.91. The smallest absolute Gasteiger partial charge is 0.277 e. The second-order valence-corrected chi connectivity index (χ2v) is 7.46. The highest BCUT2D eigenvalue weighted by atomic mass is 79.9. The first kappa shape index (κ1) is 21.8. The van der Waals surface area contributed by atoms with Crippen molar-refractivity contribution >= 4 is 67.2 Å².